The third kappa shape index (κ3) is 18.3. The van der Waals surface area contributed by atoms with Crippen LogP contribution in [0.1, 0.15) is 43.0 Å². The van der Waals surface area contributed by atoms with Gasteiger partial charge in [0.2, 0.25) is 0 Å². The number of ether oxygens (including phenoxy) is 6. The van der Waals surface area contributed by atoms with Crippen molar-refractivity contribution >= 4 is 18.1 Å². The number of carboxylic acid groups (broad SMARTS) is 2. The van der Waals surface area contributed by atoms with Crippen LogP contribution >= 0.6 is 0 Å². The Bertz CT molecular complexity index is 1950. The van der Waals surface area contributed by atoms with Gasteiger partial charge in [-0.2, -0.15) is 0 Å². The molecule has 6 aromatic rings. The van der Waals surface area contributed by atoms with E-state index in [1.807, 2.05) is 121 Å². The number of esters is 2. The van der Waals surface area contributed by atoms with Crippen LogP contribution in [0.4, 0.5) is 4.79 Å². The molecule has 0 unspecified atom stereocenters. The fourth-order valence-electron chi connectivity index (χ4n) is 4.91. The molecule has 0 aromatic heterocycles. The number of hydrogen-bond acceptors (Lipinski definition) is 11. The molecule has 0 atom stereocenters. The zero-order valence-electron chi connectivity index (χ0n) is 32.8. The van der Waals surface area contributed by atoms with Crippen molar-refractivity contribution in [2.75, 3.05) is 14.2 Å². The van der Waals surface area contributed by atoms with E-state index >= 15 is 0 Å². The molecule has 11 nitrogen and oxygen atoms in total. The van der Waals surface area contributed by atoms with Gasteiger partial charge in [0.1, 0.15) is 26.4 Å². The van der Waals surface area contributed by atoms with Crippen molar-refractivity contribution in [3.8, 4) is 23.0 Å². The SMILES string of the molecule is COC(=O)c1ccc(OCc2ccccc2)c(OCc2ccccc2)c1.COC(=O)c1ccc(OCc2ccccc2)c(OCc2ccccc2)c1.O=C([O-])[O-].[K+].[K+]. The monoisotopic (exact) mass is 834 g/mol. The topological polar surface area (TPSA) is 153 Å². The maximum atomic E-state index is 11.8. The Morgan fingerprint density at radius 3 is 0.879 bits per heavy atom. The molecule has 6 aromatic carbocycles. The average Bonchev–Trinajstić information content (AvgIpc) is 3.24. The molecule has 0 N–H and O–H groups in total. The summed E-state index contributed by atoms with van der Waals surface area (Å²) in [6.07, 6.45) is -2.33. The van der Waals surface area contributed by atoms with Gasteiger partial charge in [-0.25, -0.2) is 9.59 Å². The second-order valence-corrected chi connectivity index (χ2v) is 11.7. The summed E-state index contributed by atoms with van der Waals surface area (Å²) in [7, 11) is 2.71. The van der Waals surface area contributed by atoms with Gasteiger partial charge in [-0.3, -0.25) is 0 Å². The Labute approximate surface area is 423 Å². The molecule has 6 rings (SSSR count). The Morgan fingerprint density at radius 2 is 0.638 bits per heavy atom. The van der Waals surface area contributed by atoms with E-state index in [1.54, 1.807) is 36.4 Å². The zero-order chi connectivity index (χ0) is 40.0. The first-order valence-corrected chi connectivity index (χ1v) is 17.2. The second-order valence-electron chi connectivity index (χ2n) is 11.7. The van der Waals surface area contributed by atoms with Crippen molar-refractivity contribution in [2.24, 2.45) is 0 Å². The van der Waals surface area contributed by atoms with Crippen LogP contribution < -0.4 is 132 Å². The van der Waals surface area contributed by atoms with E-state index in [-0.39, 0.29) is 103 Å². The summed E-state index contributed by atoms with van der Waals surface area (Å²) >= 11 is 0. The van der Waals surface area contributed by atoms with Crippen LogP contribution in [-0.4, -0.2) is 32.3 Å². The summed E-state index contributed by atoms with van der Waals surface area (Å²) in [5, 5.41) is 16.7. The number of hydrogen-bond donors (Lipinski definition) is 0. The van der Waals surface area contributed by atoms with Gasteiger partial charge >= 0.3 is 115 Å². The minimum absolute atomic E-state index is 0. The van der Waals surface area contributed by atoms with E-state index in [9.17, 15) is 9.59 Å². The molecule has 58 heavy (non-hydrogen) atoms. The summed E-state index contributed by atoms with van der Waals surface area (Å²) in [5.74, 6) is 1.35. The normalized spacial score (nSPS) is 9.55. The van der Waals surface area contributed by atoms with Gasteiger partial charge in [0, 0.05) is 0 Å². The fourth-order valence-corrected chi connectivity index (χ4v) is 4.91. The van der Waals surface area contributed by atoms with Gasteiger partial charge in [0.05, 0.1) is 25.3 Å². The van der Waals surface area contributed by atoms with Crippen molar-refractivity contribution in [3.63, 3.8) is 0 Å². The summed E-state index contributed by atoms with van der Waals surface area (Å²) in [5.41, 5.74) is 5.01. The third-order valence-corrected chi connectivity index (χ3v) is 7.68. The number of carbonyl (C=O) groups excluding carboxylic acids is 3. The fraction of sp³-hybridized carbons (Fsp3) is 0.133. The van der Waals surface area contributed by atoms with Crippen molar-refractivity contribution < 1.29 is 156 Å². The van der Waals surface area contributed by atoms with E-state index in [1.165, 1.54) is 14.2 Å². The molecule has 0 amide bonds. The van der Waals surface area contributed by atoms with Crippen LogP contribution in [0.5, 0.6) is 23.0 Å². The molecule has 13 heteroatoms. The molecule has 0 saturated carbocycles. The first-order chi connectivity index (χ1) is 27.2. The molecular weight excluding hydrogens is 795 g/mol. The summed E-state index contributed by atoms with van der Waals surface area (Å²) in [4.78, 5) is 32.0. The van der Waals surface area contributed by atoms with Gasteiger partial charge < -0.3 is 43.4 Å². The quantitative estimate of drug-likeness (QED) is 0.113. The predicted octanol–water partition coefficient (Wildman–Crippen LogP) is 0.823. The van der Waals surface area contributed by atoms with Gasteiger partial charge in [0.25, 0.3) is 0 Å². The standard InChI is InChI=1S/2C22H20O4.CH2O3.2K/c2*1-24-22(23)19-12-13-20(25-15-17-8-4-2-5-9-17)21(14-19)26-16-18-10-6-3-7-11-18;2-1(3)4;;/h2*2-14H,15-16H2,1H3;(H2,2,3,4);;/q;;;2*+1/p-2. The molecule has 0 radical (unpaired) electrons. The van der Waals surface area contributed by atoms with Gasteiger partial charge in [-0.1, -0.05) is 121 Å². The Kier molecular flexibility index (Phi) is 24.6. The van der Waals surface area contributed by atoms with E-state index in [2.05, 4.69) is 0 Å². The van der Waals surface area contributed by atoms with Crippen LogP contribution in [0.15, 0.2) is 158 Å². The first-order valence-electron chi connectivity index (χ1n) is 17.2. The number of benzene rings is 6. The number of carbonyl (C=O) groups is 3. The van der Waals surface area contributed by atoms with Crippen LogP contribution in [0.25, 0.3) is 0 Å². The average molecular weight is 835 g/mol. The van der Waals surface area contributed by atoms with Crippen molar-refractivity contribution in [3.05, 3.63) is 191 Å². The van der Waals surface area contributed by atoms with Gasteiger partial charge in [-0.15, -0.1) is 0 Å². The summed E-state index contributed by atoms with van der Waals surface area (Å²) in [6, 6.07) is 49.5. The third-order valence-electron chi connectivity index (χ3n) is 7.68. The maximum Gasteiger partial charge on any atom is 1.00 e. The van der Waals surface area contributed by atoms with Crippen LogP contribution in [-0.2, 0) is 35.9 Å². The summed E-state index contributed by atoms with van der Waals surface area (Å²) < 4.78 is 33.2. The minimum Gasteiger partial charge on any atom is -0.652 e. The first kappa shape index (κ1) is 50.1. The molecule has 0 aliphatic carbocycles. The van der Waals surface area contributed by atoms with Gasteiger partial charge in [0.15, 0.2) is 23.0 Å². The Hall–Kier alpha value is -4.00. The summed E-state index contributed by atoms with van der Waals surface area (Å²) in [6.45, 7) is 1.60. The van der Waals surface area contributed by atoms with Crippen molar-refractivity contribution in [1.29, 1.82) is 0 Å². The second kappa shape index (κ2) is 28.4. The number of rotatable bonds is 14. The van der Waals surface area contributed by atoms with Crippen molar-refractivity contribution in [2.45, 2.75) is 26.4 Å². The van der Waals surface area contributed by atoms with E-state index < -0.39 is 18.1 Å². The number of methoxy groups -OCH3 is 2. The Balaban J connectivity index is 0.000000355. The molecule has 0 bridgehead atoms. The smallest absolute Gasteiger partial charge is 0.652 e. The van der Waals surface area contributed by atoms with Crippen LogP contribution in [0.3, 0.4) is 0 Å². The molecule has 0 aliphatic heterocycles. The predicted molar refractivity (Wildman–Crippen MR) is 204 cm³/mol. The van der Waals surface area contributed by atoms with Crippen LogP contribution in [0, 0.1) is 0 Å². The molecule has 0 saturated heterocycles. The molecule has 288 valence electrons. The zero-order valence-corrected chi connectivity index (χ0v) is 39.1. The maximum absolute atomic E-state index is 11.8. The molecule has 0 fully saturated rings. The molecular formula is C45H40K2O11. The van der Waals surface area contributed by atoms with Gasteiger partial charge in [-0.05, 0) is 64.8 Å². The molecule has 0 heterocycles. The molecule has 0 aliphatic rings. The van der Waals surface area contributed by atoms with E-state index in [0.717, 1.165) is 22.3 Å². The van der Waals surface area contributed by atoms with E-state index in [0.29, 0.717) is 60.6 Å². The largest absolute Gasteiger partial charge is 1.00 e. The van der Waals surface area contributed by atoms with E-state index in [4.69, 9.17) is 43.4 Å². The van der Waals surface area contributed by atoms with Crippen LogP contribution in [0.2, 0.25) is 0 Å². The molecule has 0 spiro atoms. The minimum atomic E-state index is -2.33. The Morgan fingerprint density at radius 1 is 0.397 bits per heavy atom. The van der Waals surface area contributed by atoms with Crippen molar-refractivity contribution in [1.82, 2.24) is 0 Å².